The summed E-state index contributed by atoms with van der Waals surface area (Å²) in [5.41, 5.74) is 0. The fraction of sp³-hybridized carbons (Fsp3) is 0.946. The third-order valence-electron chi connectivity index (χ3n) is 12.8. The van der Waals surface area contributed by atoms with Gasteiger partial charge in [0.05, 0.1) is 0 Å². The molecular formula is C56H108O6. The van der Waals surface area contributed by atoms with E-state index < -0.39 is 6.10 Å². The summed E-state index contributed by atoms with van der Waals surface area (Å²) in [5.74, 6) is -0.0134. The van der Waals surface area contributed by atoms with Gasteiger partial charge in [-0.2, -0.15) is 0 Å². The maximum atomic E-state index is 12.8. The quantitative estimate of drug-likeness (QED) is 0.0344. The zero-order valence-corrected chi connectivity index (χ0v) is 42.3. The van der Waals surface area contributed by atoms with E-state index in [-0.39, 0.29) is 31.1 Å². The van der Waals surface area contributed by atoms with Crippen molar-refractivity contribution in [3.8, 4) is 0 Å². The largest absolute Gasteiger partial charge is 0.462 e. The van der Waals surface area contributed by atoms with Crippen LogP contribution in [0.4, 0.5) is 0 Å². The van der Waals surface area contributed by atoms with Gasteiger partial charge in [-0.25, -0.2) is 0 Å². The first-order chi connectivity index (χ1) is 30.4. The lowest BCUT2D eigenvalue weighted by Crippen LogP contribution is -2.30. The maximum absolute atomic E-state index is 12.8. The van der Waals surface area contributed by atoms with Crippen LogP contribution < -0.4 is 0 Å². The van der Waals surface area contributed by atoms with Crippen molar-refractivity contribution >= 4 is 17.9 Å². The average molecular weight is 877 g/mol. The topological polar surface area (TPSA) is 78.9 Å². The van der Waals surface area contributed by atoms with E-state index in [1.54, 1.807) is 0 Å². The summed E-state index contributed by atoms with van der Waals surface area (Å²) in [6.45, 7) is 9.04. The molecule has 0 aliphatic carbocycles. The van der Waals surface area contributed by atoms with Crippen LogP contribution >= 0.6 is 0 Å². The lowest BCUT2D eigenvalue weighted by Gasteiger charge is -2.18. The van der Waals surface area contributed by atoms with Crippen LogP contribution in [0.5, 0.6) is 0 Å². The summed E-state index contributed by atoms with van der Waals surface area (Å²) in [5, 5.41) is 0. The second-order valence-electron chi connectivity index (χ2n) is 19.7. The molecule has 6 nitrogen and oxygen atoms in total. The van der Waals surface area contributed by atoms with Gasteiger partial charge >= 0.3 is 17.9 Å². The van der Waals surface area contributed by atoms with Crippen molar-refractivity contribution in [3.63, 3.8) is 0 Å². The van der Waals surface area contributed by atoms with E-state index in [1.807, 2.05) is 0 Å². The van der Waals surface area contributed by atoms with E-state index in [4.69, 9.17) is 14.2 Å². The van der Waals surface area contributed by atoms with Gasteiger partial charge in [-0.15, -0.1) is 0 Å². The highest BCUT2D eigenvalue weighted by Gasteiger charge is 2.19. The summed E-state index contributed by atoms with van der Waals surface area (Å²) in [4.78, 5) is 38.1. The molecule has 0 fully saturated rings. The van der Waals surface area contributed by atoms with Gasteiger partial charge in [0.1, 0.15) is 13.2 Å². The van der Waals surface area contributed by atoms with Crippen molar-refractivity contribution in [2.75, 3.05) is 13.2 Å². The molecule has 62 heavy (non-hydrogen) atoms. The number of ether oxygens (including phenoxy) is 3. The molecule has 0 bridgehead atoms. The Morgan fingerprint density at radius 1 is 0.306 bits per heavy atom. The Hall–Kier alpha value is -1.59. The standard InChI is InChI=1S/C56H108O6/c1-5-7-9-11-13-15-17-19-21-22-24-28-32-36-40-44-48-55(58)61-51-53(62-56(59)49-45-41-37-33-29-25-26-30-34-38-42-46-52(3)4)50-60-54(57)47-43-39-35-31-27-23-20-18-16-14-12-10-8-6-2/h52-53H,5-51H2,1-4H3/t53-/m0/s1. The summed E-state index contributed by atoms with van der Waals surface area (Å²) in [7, 11) is 0. The van der Waals surface area contributed by atoms with Gasteiger partial charge in [0, 0.05) is 19.3 Å². The molecule has 0 saturated heterocycles. The number of unbranched alkanes of at least 4 members (excludes halogenated alkanes) is 38. The normalized spacial score (nSPS) is 12.0. The summed E-state index contributed by atoms with van der Waals surface area (Å²) in [6, 6.07) is 0. The summed E-state index contributed by atoms with van der Waals surface area (Å²) < 4.78 is 16.9. The molecule has 0 aromatic rings. The van der Waals surface area contributed by atoms with Crippen molar-refractivity contribution in [1.29, 1.82) is 0 Å². The molecule has 0 heterocycles. The Bertz CT molecular complexity index is 933. The monoisotopic (exact) mass is 877 g/mol. The minimum absolute atomic E-state index is 0.0622. The van der Waals surface area contributed by atoms with E-state index in [0.29, 0.717) is 19.3 Å². The Kier molecular flexibility index (Phi) is 49.1. The van der Waals surface area contributed by atoms with E-state index in [2.05, 4.69) is 27.7 Å². The van der Waals surface area contributed by atoms with Crippen LogP contribution in [0.3, 0.4) is 0 Å². The van der Waals surface area contributed by atoms with Gasteiger partial charge in [-0.3, -0.25) is 14.4 Å². The van der Waals surface area contributed by atoms with Crippen LogP contribution in [-0.2, 0) is 28.6 Å². The third-order valence-corrected chi connectivity index (χ3v) is 12.8. The molecular weight excluding hydrogens is 769 g/mol. The van der Waals surface area contributed by atoms with Crippen molar-refractivity contribution in [2.24, 2.45) is 5.92 Å². The zero-order valence-electron chi connectivity index (χ0n) is 42.3. The smallest absolute Gasteiger partial charge is 0.306 e. The van der Waals surface area contributed by atoms with Crippen molar-refractivity contribution in [3.05, 3.63) is 0 Å². The number of rotatable bonds is 51. The van der Waals surface area contributed by atoms with Crippen molar-refractivity contribution < 1.29 is 28.6 Å². The minimum atomic E-state index is -0.761. The molecule has 0 saturated carbocycles. The molecule has 0 aromatic heterocycles. The number of hydrogen-bond acceptors (Lipinski definition) is 6. The summed E-state index contributed by atoms with van der Waals surface area (Å²) >= 11 is 0. The van der Waals surface area contributed by atoms with Crippen LogP contribution in [0.15, 0.2) is 0 Å². The minimum Gasteiger partial charge on any atom is -0.462 e. The molecule has 0 rings (SSSR count). The highest BCUT2D eigenvalue weighted by molar-refractivity contribution is 5.71. The van der Waals surface area contributed by atoms with E-state index in [9.17, 15) is 14.4 Å². The van der Waals surface area contributed by atoms with Crippen molar-refractivity contribution in [2.45, 2.75) is 323 Å². The molecule has 0 aliphatic rings. The van der Waals surface area contributed by atoms with Crippen LogP contribution in [0, 0.1) is 5.92 Å². The first kappa shape index (κ1) is 60.4. The molecule has 0 spiro atoms. The predicted octanol–water partition coefficient (Wildman–Crippen LogP) is 18.2. The van der Waals surface area contributed by atoms with Crippen LogP contribution in [-0.4, -0.2) is 37.2 Å². The Balaban J connectivity index is 4.30. The molecule has 1 atom stereocenters. The molecule has 0 N–H and O–H groups in total. The van der Waals surface area contributed by atoms with Gasteiger partial charge in [-0.1, -0.05) is 278 Å². The Morgan fingerprint density at radius 2 is 0.532 bits per heavy atom. The average Bonchev–Trinajstić information content (AvgIpc) is 3.26. The first-order valence-electron chi connectivity index (χ1n) is 27.9. The van der Waals surface area contributed by atoms with Crippen LogP contribution in [0.2, 0.25) is 0 Å². The molecule has 0 aromatic carbocycles. The molecule has 6 heteroatoms. The van der Waals surface area contributed by atoms with Crippen molar-refractivity contribution in [1.82, 2.24) is 0 Å². The Labute approximate surface area is 387 Å². The third kappa shape index (κ3) is 49.4. The van der Waals surface area contributed by atoms with Gasteiger partial charge in [-0.05, 0) is 25.2 Å². The lowest BCUT2D eigenvalue weighted by atomic mass is 10.0. The number of hydrogen-bond donors (Lipinski definition) is 0. The second kappa shape index (κ2) is 50.4. The SMILES string of the molecule is CCCCCCCCCCCCCCCCCCC(=O)OC[C@H](COC(=O)CCCCCCCCCCCCCCCC)OC(=O)CCCCCCCCCCCCCC(C)C. The lowest BCUT2D eigenvalue weighted by molar-refractivity contribution is -0.167. The van der Waals surface area contributed by atoms with Gasteiger partial charge in [0.2, 0.25) is 0 Å². The molecule has 0 radical (unpaired) electrons. The molecule has 0 aliphatic heterocycles. The predicted molar refractivity (Wildman–Crippen MR) is 266 cm³/mol. The number of carbonyl (C=O) groups excluding carboxylic acids is 3. The summed E-state index contributed by atoms with van der Waals surface area (Å²) in [6.07, 6.45) is 53.7. The van der Waals surface area contributed by atoms with Crippen LogP contribution in [0.25, 0.3) is 0 Å². The fourth-order valence-corrected chi connectivity index (χ4v) is 8.57. The highest BCUT2D eigenvalue weighted by Crippen LogP contribution is 2.18. The second-order valence-corrected chi connectivity index (χ2v) is 19.7. The zero-order chi connectivity index (χ0) is 45.2. The highest BCUT2D eigenvalue weighted by atomic mass is 16.6. The van der Waals surface area contributed by atoms with Gasteiger partial charge < -0.3 is 14.2 Å². The van der Waals surface area contributed by atoms with E-state index in [1.165, 1.54) is 212 Å². The maximum Gasteiger partial charge on any atom is 0.306 e. The van der Waals surface area contributed by atoms with E-state index in [0.717, 1.165) is 63.7 Å². The molecule has 368 valence electrons. The van der Waals surface area contributed by atoms with Crippen LogP contribution in [0.1, 0.15) is 317 Å². The number of carbonyl (C=O) groups is 3. The molecule has 0 amide bonds. The van der Waals surface area contributed by atoms with Gasteiger partial charge in [0.15, 0.2) is 6.10 Å². The van der Waals surface area contributed by atoms with E-state index >= 15 is 0 Å². The van der Waals surface area contributed by atoms with Gasteiger partial charge in [0.25, 0.3) is 0 Å². The first-order valence-corrected chi connectivity index (χ1v) is 27.9. The molecule has 0 unspecified atom stereocenters. The Morgan fingerprint density at radius 3 is 0.790 bits per heavy atom. The fourth-order valence-electron chi connectivity index (χ4n) is 8.57. The number of esters is 3.